The van der Waals surface area contributed by atoms with Crippen LogP contribution in [0.2, 0.25) is 0 Å². The minimum absolute atomic E-state index is 0.0275. The average Bonchev–Trinajstić information content (AvgIpc) is 2.71. The average molecular weight is 473 g/mol. The van der Waals surface area contributed by atoms with Gasteiger partial charge in [0.15, 0.2) is 12.2 Å². The van der Waals surface area contributed by atoms with Crippen LogP contribution in [0.1, 0.15) is 75.2 Å². The summed E-state index contributed by atoms with van der Waals surface area (Å²) in [6.07, 6.45) is -0.873. The van der Waals surface area contributed by atoms with Crippen molar-refractivity contribution in [2.45, 2.75) is 105 Å². The molecule has 0 aliphatic carbocycles. The molecular weight excluding hydrogens is 428 g/mol. The molecule has 0 saturated carbocycles. The SMILES string of the molecule is CC[C@H](C)[C@H](NC)C(=O)O[C@H](C)C(=O)N(C)[C@H](C(=O)O[C@H](C)C(=O)OC(C)(C)C)[C@@H](C)CC. The first kappa shape index (κ1) is 30.8. The molecule has 0 radical (unpaired) electrons. The molecule has 9 nitrogen and oxygen atoms in total. The molecule has 192 valence electrons. The molecule has 33 heavy (non-hydrogen) atoms. The van der Waals surface area contributed by atoms with E-state index in [2.05, 4.69) is 5.32 Å². The molecule has 6 atom stereocenters. The van der Waals surface area contributed by atoms with Gasteiger partial charge >= 0.3 is 17.9 Å². The van der Waals surface area contributed by atoms with Gasteiger partial charge in [0, 0.05) is 7.05 Å². The number of rotatable bonds is 12. The van der Waals surface area contributed by atoms with Gasteiger partial charge in [-0.15, -0.1) is 0 Å². The third-order valence-corrected chi connectivity index (χ3v) is 5.64. The summed E-state index contributed by atoms with van der Waals surface area (Å²) in [7, 11) is 3.13. The first-order valence-electron chi connectivity index (χ1n) is 11.7. The zero-order valence-corrected chi connectivity index (χ0v) is 22.2. The van der Waals surface area contributed by atoms with Crippen LogP contribution in [0.3, 0.4) is 0 Å². The van der Waals surface area contributed by atoms with E-state index in [0.717, 1.165) is 6.42 Å². The highest BCUT2D eigenvalue weighted by atomic mass is 16.6. The van der Waals surface area contributed by atoms with Crippen LogP contribution in [-0.2, 0) is 33.4 Å². The summed E-state index contributed by atoms with van der Waals surface area (Å²) >= 11 is 0. The van der Waals surface area contributed by atoms with Crippen molar-refractivity contribution in [3.05, 3.63) is 0 Å². The molecule has 0 aromatic carbocycles. The van der Waals surface area contributed by atoms with E-state index in [9.17, 15) is 19.2 Å². The Labute approximate surface area is 198 Å². The zero-order chi connectivity index (χ0) is 26.1. The molecule has 0 spiro atoms. The van der Waals surface area contributed by atoms with Gasteiger partial charge < -0.3 is 24.4 Å². The van der Waals surface area contributed by atoms with Crippen LogP contribution in [0.5, 0.6) is 0 Å². The number of nitrogens with zero attached hydrogens (tertiary/aromatic N) is 1. The molecule has 0 aliphatic rings. The zero-order valence-electron chi connectivity index (χ0n) is 22.2. The maximum atomic E-state index is 13.0. The summed E-state index contributed by atoms with van der Waals surface area (Å²) in [6.45, 7) is 15.6. The number of likely N-dealkylation sites (N-methyl/N-ethyl adjacent to an activating group) is 2. The summed E-state index contributed by atoms with van der Waals surface area (Å²) in [4.78, 5) is 52.0. The van der Waals surface area contributed by atoms with Crippen molar-refractivity contribution in [3.8, 4) is 0 Å². The number of ether oxygens (including phenoxy) is 3. The van der Waals surface area contributed by atoms with E-state index in [4.69, 9.17) is 14.2 Å². The Balaban J connectivity index is 5.43. The van der Waals surface area contributed by atoms with Crippen LogP contribution < -0.4 is 5.32 Å². The van der Waals surface area contributed by atoms with Crippen molar-refractivity contribution in [2.24, 2.45) is 11.8 Å². The fraction of sp³-hybridized carbons (Fsp3) is 0.833. The second kappa shape index (κ2) is 13.5. The van der Waals surface area contributed by atoms with Gasteiger partial charge in [-0.3, -0.25) is 9.59 Å². The molecule has 1 amide bonds. The molecule has 9 heteroatoms. The van der Waals surface area contributed by atoms with E-state index in [1.807, 2.05) is 27.7 Å². The monoisotopic (exact) mass is 472 g/mol. The molecule has 0 heterocycles. The summed E-state index contributed by atoms with van der Waals surface area (Å²) < 4.78 is 16.0. The molecule has 0 saturated heterocycles. The van der Waals surface area contributed by atoms with Crippen LogP contribution >= 0.6 is 0 Å². The van der Waals surface area contributed by atoms with Crippen molar-refractivity contribution in [3.63, 3.8) is 0 Å². The Hall–Kier alpha value is -2.16. The maximum Gasteiger partial charge on any atom is 0.347 e. The summed E-state index contributed by atoms with van der Waals surface area (Å²) in [5.41, 5.74) is -0.722. The second-order valence-corrected chi connectivity index (χ2v) is 9.62. The molecule has 0 aromatic rings. The van der Waals surface area contributed by atoms with Gasteiger partial charge in [0.05, 0.1) is 0 Å². The number of hydrogen-bond donors (Lipinski definition) is 1. The first-order chi connectivity index (χ1) is 15.1. The van der Waals surface area contributed by atoms with Gasteiger partial charge in [0.2, 0.25) is 0 Å². The summed E-state index contributed by atoms with van der Waals surface area (Å²) in [6, 6.07) is -1.50. The fourth-order valence-corrected chi connectivity index (χ4v) is 3.26. The van der Waals surface area contributed by atoms with E-state index in [1.54, 1.807) is 27.8 Å². The van der Waals surface area contributed by atoms with Crippen LogP contribution in [0.15, 0.2) is 0 Å². The molecule has 0 rings (SSSR count). The van der Waals surface area contributed by atoms with Crippen molar-refractivity contribution >= 4 is 23.8 Å². The number of carbonyl (C=O) groups excluding carboxylic acids is 4. The van der Waals surface area contributed by atoms with Gasteiger partial charge in [-0.2, -0.15) is 0 Å². The largest absolute Gasteiger partial charge is 0.457 e. The molecule has 0 aliphatic heterocycles. The van der Waals surface area contributed by atoms with E-state index >= 15 is 0 Å². The lowest BCUT2D eigenvalue weighted by atomic mass is 9.97. The van der Waals surface area contributed by atoms with Crippen molar-refractivity contribution in [1.29, 1.82) is 0 Å². The van der Waals surface area contributed by atoms with Crippen LogP contribution in [0.25, 0.3) is 0 Å². The normalized spacial score (nSPS) is 17.1. The van der Waals surface area contributed by atoms with Crippen LogP contribution in [0.4, 0.5) is 0 Å². The predicted octanol–water partition coefficient (Wildman–Crippen LogP) is 2.70. The Morgan fingerprint density at radius 3 is 1.73 bits per heavy atom. The van der Waals surface area contributed by atoms with Gasteiger partial charge in [-0.1, -0.05) is 40.5 Å². The van der Waals surface area contributed by atoms with E-state index in [-0.39, 0.29) is 11.8 Å². The molecule has 0 aromatic heterocycles. The highest BCUT2D eigenvalue weighted by Gasteiger charge is 2.38. The van der Waals surface area contributed by atoms with Crippen LogP contribution in [0, 0.1) is 11.8 Å². The number of amides is 1. The lowest BCUT2D eigenvalue weighted by molar-refractivity contribution is -0.179. The highest BCUT2D eigenvalue weighted by molar-refractivity contribution is 5.89. The Morgan fingerprint density at radius 2 is 1.30 bits per heavy atom. The summed E-state index contributed by atoms with van der Waals surface area (Å²) in [5, 5.41) is 2.93. The van der Waals surface area contributed by atoms with Gasteiger partial charge in [-0.05, 0) is 53.5 Å². The topological polar surface area (TPSA) is 111 Å². The van der Waals surface area contributed by atoms with Crippen LogP contribution in [-0.4, -0.2) is 72.7 Å². The smallest absolute Gasteiger partial charge is 0.347 e. The predicted molar refractivity (Wildman–Crippen MR) is 125 cm³/mol. The Morgan fingerprint density at radius 1 is 0.818 bits per heavy atom. The van der Waals surface area contributed by atoms with Gasteiger partial charge in [0.25, 0.3) is 5.91 Å². The number of carbonyl (C=O) groups is 4. The minimum Gasteiger partial charge on any atom is -0.457 e. The van der Waals surface area contributed by atoms with E-state index in [1.165, 1.54) is 25.8 Å². The van der Waals surface area contributed by atoms with Gasteiger partial charge in [-0.25, -0.2) is 9.59 Å². The number of hydrogen-bond acceptors (Lipinski definition) is 8. The Kier molecular flexibility index (Phi) is 12.6. The van der Waals surface area contributed by atoms with E-state index in [0.29, 0.717) is 6.42 Å². The highest BCUT2D eigenvalue weighted by Crippen LogP contribution is 2.19. The Bertz CT molecular complexity index is 674. The molecule has 0 fully saturated rings. The molecule has 0 bridgehead atoms. The number of esters is 3. The lowest BCUT2D eigenvalue weighted by Gasteiger charge is -2.33. The standard InChI is InChI=1S/C24H44N2O7/c1-12-14(3)18(25-10)22(29)31-16(5)20(27)26(11)19(15(4)13-2)23(30)32-17(6)21(28)33-24(7,8)9/h14-19,25H,12-13H2,1-11H3/t14-,15-,16+,17+,18-,19-/m0/s1. The third kappa shape index (κ3) is 9.70. The van der Waals surface area contributed by atoms with Gasteiger partial charge in [0.1, 0.15) is 17.7 Å². The van der Waals surface area contributed by atoms with Crippen molar-refractivity contribution < 1.29 is 33.4 Å². The number of nitrogens with one attached hydrogen (secondary N) is 1. The van der Waals surface area contributed by atoms with Crippen molar-refractivity contribution in [2.75, 3.05) is 14.1 Å². The lowest BCUT2D eigenvalue weighted by Crippen LogP contribution is -2.52. The molecule has 1 N–H and O–H groups in total. The fourth-order valence-electron chi connectivity index (χ4n) is 3.26. The van der Waals surface area contributed by atoms with Crippen molar-refractivity contribution in [1.82, 2.24) is 10.2 Å². The first-order valence-corrected chi connectivity index (χ1v) is 11.7. The third-order valence-electron chi connectivity index (χ3n) is 5.64. The summed E-state index contributed by atoms with van der Waals surface area (Å²) in [5.74, 6) is -2.68. The second-order valence-electron chi connectivity index (χ2n) is 9.62. The maximum absolute atomic E-state index is 13.0. The van der Waals surface area contributed by atoms with E-state index < -0.39 is 53.7 Å². The molecular formula is C24H44N2O7. The quantitative estimate of drug-likeness (QED) is 0.341. The molecule has 0 unspecified atom stereocenters. The minimum atomic E-state index is -1.13.